The second-order valence-corrected chi connectivity index (χ2v) is 8.79. The Morgan fingerprint density at radius 1 is 1.00 bits per heavy atom. The zero-order valence-corrected chi connectivity index (χ0v) is 18.6. The minimum absolute atomic E-state index is 0.0326. The van der Waals surface area contributed by atoms with E-state index in [9.17, 15) is 23.4 Å². The number of piperidine rings is 1. The van der Waals surface area contributed by atoms with Gasteiger partial charge in [-0.1, -0.05) is 40.9 Å². The van der Waals surface area contributed by atoms with Crippen LogP contribution in [0.2, 0.25) is 15.1 Å². The summed E-state index contributed by atoms with van der Waals surface area (Å²) in [4.78, 5) is 1.93. The molecule has 1 fully saturated rings. The molecule has 4 nitrogen and oxygen atoms in total. The van der Waals surface area contributed by atoms with Gasteiger partial charge >= 0.3 is 6.18 Å². The van der Waals surface area contributed by atoms with Gasteiger partial charge in [0.15, 0.2) is 0 Å². The first-order chi connectivity index (χ1) is 14.5. The Balaban J connectivity index is 1.54. The minimum atomic E-state index is -4.59. The number of nitrogens with zero attached hydrogens (tertiary/aromatic N) is 1. The summed E-state index contributed by atoms with van der Waals surface area (Å²) in [6.45, 7) is 1.14. The van der Waals surface area contributed by atoms with Crippen LogP contribution < -0.4 is 4.74 Å². The van der Waals surface area contributed by atoms with Crippen molar-refractivity contribution in [2.45, 2.75) is 30.7 Å². The fraction of sp³-hybridized carbons (Fsp3) is 0.429. The van der Waals surface area contributed by atoms with Crippen LogP contribution in [0.25, 0.3) is 0 Å². The van der Waals surface area contributed by atoms with Crippen LogP contribution in [0.3, 0.4) is 0 Å². The molecule has 0 saturated carbocycles. The van der Waals surface area contributed by atoms with Crippen LogP contribution in [0.15, 0.2) is 36.4 Å². The highest BCUT2D eigenvalue weighted by Gasteiger charge is 2.38. The second kappa shape index (κ2) is 9.73. The quantitative estimate of drug-likeness (QED) is 0.561. The Labute approximate surface area is 193 Å². The van der Waals surface area contributed by atoms with Gasteiger partial charge in [-0.2, -0.15) is 13.2 Å². The molecule has 1 aliphatic rings. The largest absolute Gasteiger partial charge is 0.491 e. The van der Waals surface area contributed by atoms with Gasteiger partial charge in [0.05, 0.1) is 26.2 Å². The van der Waals surface area contributed by atoms with Gasteiger partial charge in [0.2, 0.25) is 0 Å². The molecule has 2 aromatic carbocycles. The number of rotatable bonds is 6. The summed E-state index contributed by atoms with van der Waals surface area (Å²) < 4.78 is 44.9. The van der Waals surface area contributed by atoms with E-state index in [2.05, 4.69) is 0 Å². The van der Waals surface area contributed by atoms with E-state index in [0.717, 1.165) is 12.1 Å². The van der Waals surface area contributed by atoms with E-state index in [1.807, 2.05) is 4.90 Å². The van der Waals surface area contributed by atoms with Crippen molar-refractivity contribution in [1.29, 1.82) is 0 Å². The maximum absolute atomic E-state index is 13.1. The molecular formula is C21H21Cl3F3NO3. The van der Waals surface area contributed by atoms with Gasteiger partial charge in [0.1, 0.15) is 18.5 Å². The number of likely N-dealkylation sites (tertiary alicyclic amines) is 1. The second-order valence-electron chi connectivity index (χ2n) is 7.57. The normalized spacial score (nSPS) is 18.1. The summed E-state index contributed by atoms with van der Waals surface area (Å²) >= 11 is 17.5. The van der Waals surface area contributed by atoms with Crippen LogP contribution in [-0.4, -0.2) is 47.5 Å². The first-order valence-corrected chi connectivity index (χ1v) is 10.7. The van der Waals surface area contributed by atoms with E-state index >= 15 is 0 Å². The zero-order chi connectivity index (χ0) is 22.8. The molecule has 3 rings (SSSR count). The molecule has 1 aliphatic heterocycles. The number of halogens is 6. The molecule has 10 heteroatoms. The molecule has 1 saturated heterocycles. The number of aliphatic hydroxyl groups is 2. The SMILES string of the molecule is O[C@H](COc1ccc(Cl)c(Cl)c1)CN1CCC(O)(c2ccc(Cl)c(C(F)(F)F)c2)CC1. The van der Waals surface area contributed by atoms with Crippen molar-refractivity contribution >= 4 is 34.8 Å². The molecule has 1 heterocycles. The summed E-state index contributed by atoms with van der Waals surface area (Å²) in [5, 5.41) is 21.5. The van der Waals surface area contributed by atoms with Crippen molar-refractivity contribution in [3.05, 3.63) is 62.6 Å². The predicted octanol–water partition coefficient (Wildman–Crippen LogP) is 5.39. The molecule has 0 aliphatic carbocycles. The van der Waals surface area contributed by atoms with E-state index in [0.29, 0.717) is 35.4 Å². The van der Waals surface area contributed by atoms with E-state index in [-0.39, 0.29) is 25.0 Å². The Morgan fingerprint density at radius 2 is 1.65 bits per heavy atom. The lowest BCUT2D eigenvalue weighted by molar-refractivity contribution is -0.137. The average molecular weight is 499 g/mol. The Hall–Kier alpha value is -1.22. The summed E-state index contributed by atoms with van der Waals surface area (Å²) in [5.74, 6) is 0.477. The Kier molecular flexibility index (Phi) is 7.66. The number of ether oxygens (including phenoxy) is 1. The third-order valence-corrected chi connectivity index (χ3v) is 6.36. The lowest BCUT2D eigenvalue weighted by Gasteiger charge is -2.39. The predicted molar refractivity (Wildman–Crippen MR) is 114 cm³/mol. The molecule has 0 radical (unpaired) electrons. The van der Waals surface area contributed by atoms with Gasteiger partial charge in [0.25, 0.3) is 0 Å². The van der Waals surface area contributed by atoms with Crippen LogP contribution in [0.1, 0.15) is 24.0 Å². The van der Waals surface area contributed by atoms with E-state index < -0.39 is 28.5 Å². The fourth-order valence-corrected chi connectivity index (χ4v) is 4.05. The first kappa shape index (κ1) is 24.4. The number of aliphatic hydroxyl groups excluding tert-OH is 1. The topological polar surface area (TPSA) is 52.9 Å². The van der Waals surface area contributed by atoms with Crippen molar-refractivity contribution in [3.63, 3.8) is 0 Å². The average Bonchev–Trinajstić information content (AvgIpc) is 2.70. The maximum Gasteiger partial charge on any atom is 0.417 e. The fourth-order valence-electron chi connectivity index (χ4n) is 3.54. The van der Waals surface area contributed by atoms with Crippen LogP contribution >= 0.6 is 34.8 Å². The summed E-state index contributed by atoms with van der Waals surface area (Å²) in [6.07, 6.45) is -4.94. The molecule has 170 valence electrons. The van der Waals surface area contributed by atoms with Crippen LogP contribution in [0.5, 0.6) is 5.75 Å². The molecular weight excluding hydrogens is 478 g/mol. The van der Waals surface area contributed by atoms with Gasteiger partial charge in [-0.05, 0) is 42.7 Å². The van der Waals surface area contributed by atoms with Crippen LogP contribution in [0.4, 0.5) is 13.2 Å². The molecule has 0 amide bonds. The molecule has 2 aromatic rings. The van der Waals surface area contributed by atoms with E-state index in [4.69, 9.17) is 39.5 Å². The Morgan fingerprint density at radius 3 is 2.26 bits per heavy atom. The lowest BCUT2D eigenvalue weighted by atomic mass is 9.83. The summed E-state index contributed by atoms with van der Waals surface area (Å²) in [5.41, 5.74) is -2.16. The lowest BCUT2D eigenvalue weighted by Crippen LogP contribution is -2.46. The first-order valence-electron chi connectivity index (χ1n) is 9.56. The monoisotopic (exact) mass is 497 g/mol. The van der Waals surface area contributed by atoms with Crippen LogP contribution in [0, 0.1) is 0 Å². The number of hydrogen-bond donors (Lipinski definition) is 2. The third-order valence-electron chi connectivity index (χ3n) is 5.29. The van der Waals surface area contributed by atoms with E-state index in [1.54, 1.807) is 18.2 Å². The minimum Gasteiger partial charge on any atom is -0.491 e. The van der Waals surface area contributed by atoms with Gasteiger partial charge in [-0.25, -0.2) is 0 Å². The molecule has 0 bridgehead atoms. The number of alkyl halides is 3. The molecule has 0 unspecified atom stereocenters. The Bertz CT molecular complexity index is 918. The molecule has 31 heavy (non-hydrogen) atoms. The van der Waals surface area contributed by atoms with Crippen molar-refractivity contribution in [1.82, 2.24) is 4.90 Å². The standard InChI is InChI=1S/C21H21Cl3F3NO3/c22-17-3-1-13(9-16(17)21(25,26)27)20(30)5-7-28(8-6-20)11-14(29)12-31-15-2-4-18(23)19(24)10-15/h1-4,9-10,14,29-30H,5-8,11-12H2/t14-/m0/s1. The highest BCUT2D eigenvalue weighted by atomic mass is 35.5. The van der Waals surface area contributed by atoms with Crippen LogP contribution in [-0.2, 0) is 11.8 Å². The van der Waals surface area contributed by atoms with Gasteiger partial charge in [0, 0.05) is 25.7 Å². The van der Waals surface area contributed by atoms with Crippen molar-refractivity contribution in [2.24, 2.45) is 0 Å². The van der Waals surface area contributed by atoms with Crippen molar-refractivity contribution < 1.29 is 28.1 Å². The van der Waals surface area contributed by atoms with Crippen molar-refractivity contribution in [3.8, 4) is 5.75 Å². The molecule has 0 spiro atoms. The maximum atomic E-state index is 13.1. The number of hydrogen-bond acceptors (Lipinski definition) is 4. The summed E-state index contributed by atoms with van der Waals surface area (Å²) in [6, 6.07) is 8.29. The number of benzene rings is 2. The van der Waals surface area contributed by atoms with Gasteiger partial charge in [-0.15, -0.1) is 0 Å². The van der Waals surface area contributed by atoms with Crippen molar-refractivity contribution in [2.75, 3.05) is 26.2 Å². The summed E-state index contributed by atoms with van der Waals surface area (Å²) in [7, 11) is 0. The number of β-amino-alcohol motifs (C(OH)–C–C–N with tert-alkyl or cyclic N) is 1. The molecule has 1 atom stereocenters. The molecule has 0 aromatic heterocycles. The van der Waals surface area contributed by atoms with E-state index in [1.165, 1.54) is 6.07 Å². The van der Waals surface area contributed by atoms with Gasteiger partial charge in [-0.3, -0.25) is 0 Å². The third kappa shape index (κ3) is 6.18. The highest BCUT2D eigenvalue weighted by Crippen LogP contribution is 2.40. The smallest absolute Gasteiger partial charge is 0.417 e. The van der Waals surface area contributed by atoms with Gasteiger partial charge < -0.3 is 19.8 Å². The molecule has 2 N–H and O–H groups in total. The zero-order valence-electron chi connectivity index (χ0n) is 16.3. The highest BCUT2D eigenvalue weighted by molar-refractivity contribution is 6.42.